The fourth-order valence-corrected chi connectivity index (χ4v) is 4.19. The van der Waals surface area contributed by atoms with Crippen molar-refractivity contribution in [3.63, 3.8) is 0 Å². The molecular weight excluding hydrogens is 418 g/mol. The van der Waals surface area contributed by atoms with Crippen LogP contribution < -0.4 is 14.8 Å². The molecule has 0 bridgehead atoms. The average molecular weight is 450 g/mol. The van der Waals surface area contributed by atoms with Gasteiger partial charge in [0.05, 0.1) is 19.8 Å². The van der Waals surface area contributed by atoms with Crippen molar-refractivity contribution in [3.8, 4) is 22.8 Å². The Bertz CT molecular complexity index is 1020. The number of carbonyl (C=O) groups is 1. The Balaban J connectivity index is 1.43. The summed E-state index contributed by atoms with van der Waals surface area (Å²) in [5.41, 5.74) is 2.27. The van der Waals surface area contributed by atoms with Crippen molar-refractivity contribution >= 4 is 5.91 Å². The zero-order chi connectivity index (χ0) is 23.0. The molecule has 1 N–H and O–H groups in total. The third-order valence-electron chi connectivity index (χ3n) is 5.98. The van der Waals surface area contributed by atoms with Gasteiger partial charge in [0.1, 0.15) is 11.5 Å². The summed E-state index contributed by atoms with van der Waals surface area (Å²) in [6.45, 7) is 5.11. The molecule has 0 saturated carbocycles. The summed E-state index contributed by atoms with van der Waals surface area (Å²) in [6, 6.07) is 17.4. The zero-order valence-electron chi connectivity index (χ0n) is 19.3. The van der Waals surface area contributed by atoms with E-state index in [0.717, 1.165) is 35.7 Å². The maximum atomic E-state index is 12.9. The number of likely N-dealkylation sites (tertiary alicyclic amines) is 1. The third-order valence-corrected chi connectivity index (χ3v) is 5.98. The number of benzene rings is 2. The van der Waals surface area contributed by atoms with Gasteiger partial charge >= 0.3 is 0 Å². The predicted octanol–water partition coefficient (Wildman–Crippen LogP) is 4.71. The normalized spacial score (nSPS) is 15.1. The molecule has 0 radical (unpaired) electrons. The van der Waals surface area contributed by atoms with Gasteiger partial charge in [-0.15, -0.1) is 0 Å². The lowest BCUT2D eigenvalue weighted by atomic mass is 10.0. The Morgan fingerprint density at radius 2 is 1.76 bits per heavy atom. The lowest BCUT2D eigenvalue weighted by Crippen LogP contribution is -2.40. The number of rotatable bonds is 9. The molecule has 1 aliphatic rings. The van der Waals surface area contributed by atoms with E-state index in [9.17, 15) is 4.79 Å². The Morgan fingerprint density at radius 3 is 2.42 bits per heavy atom. The van der Waals surface area contributed by atoms with Crippen LogP contribution in [0.3, 0.4) is 0 Å². The van der Waals surface area contributed by atoms with E-state index in [1.807, 2.05) is 43.3 Å². The topological polar surface area (TPSA) is 76.8 Å². The first kappa shape index (κ1) is 22.9. The number of nitrogens with one attached hydrogen (secondary N) is 1. The summed E-state index contributed by atoms with van der Waals surface area (Å²) >= 11 is 0. The average Bonchev–Trinajstić information content (AvgIpc) is 3.36. The van der Waals surface area contributed by atoms with Crippen molar-refractivity contribution < 1.29 is 18.8 Å². The second-order valence-corrected chi connectivity index (χ2v) is 8.13. The maximum Gasteiger partial charge on any atom is 0.273 e. The number of hydrogen-bond donors (Lipinski definition) is 1. The molecule has 3 aromatic rings. The van der Waals surface area contributed by atoms with Gasteiger partial charge in [0, 0.05) is 18.2 Å². The number of ether oxygens (including phenoxy) is 2. The van der Waals surface area contributed by atoms with E-state index in [2.05, 4.69) is 27.5 Å². The number of hydrogen-bond acceptors (Lipinski definition) is 6. The van der Waals surface area contributed by atoms with E-state index in [-0.39, 0.29) is 17.6 Å². The molecule has 1 amide bonds. The highest BCUT2D eigenvalue weighted by Gasteiger charge is 2.24. The van der Waals surface area contributed by atoms with E-state index in [0.29, 0.717) is 18.9 Å². The van der Waals surface area contributed by atoms with Crippen molar-refractivity contribution in [2.45, 2.75) is 32.2 Å². The maximum absolute atomic E-state index is 12.9. The number of carbonyl (C=O) groups excluding carboxylic acids is 1. The first-order valence-electron chi connectivity index (χ1n) is 11.5. The van der Waals surface area contributed by atoms with Crippen molar-refractivity contribution in [1.82, 2.24) is 15.4 Å². The van der Waals surface area contributed by atoms with E-state index in [4.69, 9.17) is 14.0 Å². The van der Waals surface area contributed by atoms with Crippen LogP contribution in [0.4, 0.5) is 0 Å². The van der Waals surface area contributed by atoms with Crippen LogP contribution in [-0.4, -0.2) is 49.3 Å². The monoisotopic (exact) mass is 449 g/mol. The third kappa shape index (κ3) is 5.73. The molecule has 0 aliphatic carbocycles. The Kier molecular flexibility index (Phi) is 7.62. The molecule has 1 saturated heterocycles. The second kappa shape index (κ2) is 11.0. The smallest absolute Gasteiger partial charge is 0.273 e. The SMILES string of the molecule is CCOc1ccc(-c2cc(C(=O)NCC(c3ccc(OC)cc3)N3CCCCC3)no2)cc1. The van der Waals surface area contributed by atoms with E-state index < -0.39 is 0 Å². The van der Waals surface area contributed by atoms with E-state index in [1.165, 1.54) is 19.3 Å². The minimum atomic E-state index is -0.244. The number of amides is 1. The van der Waals surface area contributed by atoms with Gasteiger partial charge in [-0.3, -0.25) is 9.69 Å². The van der Waals surface area contributed by atoms with Gasteiger partial charge < -0.3 is 19.3 Å². The van der Waals surface area contributed by atoms with Crippen LogP contribution in [0.5, 0.6) is 11.5 Å². The molecule has 33 heavy (non-hydrogen) atoms. The van der Waals surface area contributed by atoms with Crippen LogP contribution in [0, 0.1) is 0 Å². The standard InChI is InChI=1S/C26H31N3O4/c1-3-32-22-13-9-20(10-14-22)25-17-23(28-33-25)26(30)27-18-24(29-15-5-4-6-16-29)19-7-11-21(31-2)12-8-19/h7-14,17,24H,3-6,15-16,18H2,1-2H3,(H,27,30). The molecule has 1 aliphatic heterocycles. The molecule has 1 atom stereocenters. The van der Waals surface area contributed by atoms with Gasteiger partial charge in [-0.05, 0) is 74.8 Å². The molecular formula is C26H31N3O4. The van der Waals surface area contributed by atoms with Gasteiger partial charge in [-0.1, -0.05) is 23.7 Å². The number of nitrogens with zero attached hydrogens (tertiary/aromatic N) is 2. The summed E-state index contributed by atoms with van der Waals surface area (Å²) in [4.78, 5) is 15.3. The highest BCUT2D eigenvalue weighted by molar-refractivity contribution is 5.93. The molecule has 1 unspecified atom stereocenters. The second-order valence-electron chi connectivity index (χ2n) is 8.13. The quantitative estimate of drug-likeness (QED) is 0.510. The molecule has 7 heteroatoms. The minimum absolute atomic E-state index is 0.0950. The molecule has 2 aromatic carbocycles. The fourth-order valence-electron chi connectivity index (χ4n) is 4.19. The van der Waals surface area contributed by atoms with E-state index in [1.54, 1.807) is 13.2 Å². The summed E-state index contributed by atoms with van der Waals surface area (Å²) < 4.78 is 16.2. The van der Waals surface area contributed by atoms with E-state index >= 15 is 0 Å². The summed E-state index contributed by atoms with van der Waals surface area (Å²) in [6.07, 6.45) is 3.61. The molecule has 2 heterocycles. The molecule has 4 rings (SSSR count). The van der Waals surface area contributed by atoms with Gasteiger partial charge in [0.15, 0.2) is 11.5 Å². The van der Waals surface area contributed by atoms with Crippen LogP contribution in [0.25, 0.3) is 11.3 Å². The van der Waals surface area contributed by atoms with Crippen LogP contribution >= 0.6 is 0 Å². The number of aromatic nitrogens is 1. The van der Waals surface area contributed by atoms with Crippen molar-refractivity contribution in [3.05, 3.63) is 65.9 Å². The predicted molar refractivity (Wildman–Crippen MR) is 127 cm³/mol. The molecule has 1 aromatic heterocycles. The van der Waals surface area contributed by atoms with Gasteiger partial charge in [0.25, 0.3) is 5.91 Å². The number of methoxy groups -OCH3 is 1. The van der Waals surface area contributed by atoms with Gasteiger partial charge in [-0.2, -0.15) is 0 Å². The Hall–Kier alpha value is -3.32. The first-order valence-corrected chi connectivity index (χ1v) is 11.5. The van der Waals surface area contributed by atoms with Crippen LogP contribution in [0.1, 0.15) is 48.3 Å². The molecule has 7 nitrogen and oxygen atoms in total. The van der Waals surface area contributed by atoms with Crippen LogP contribution in [-0.2, 0) is 0 Å². The summed E-state index contributed by atoms with van der Waals surface area (Å²) in [7, 11) is 1.66. The van der Waals surface area contributed by atoms with Crippen molar-refractivity contribution in [2.24, 2.45) is 0 Å². The minimum Gasteiger partial charge on any atom is -0.497 e. The first-order chi connectivity index (χ1) is 16.2. The van der Waals surface area contributed by atoms with Crippen molar-refractivity contribution in [1.29, 1.82) is 0 Å². The number of piperidine rings is 1. The summed E-state index contributed by atoms with van der Waals surface area (Å²) in [5.74, 6) is 1.92. The van der Waals surface area contributed by atoms with Gasteiger partial charge in [-0.25, -0.2) is 0 Å². The summed E-state index contributed by atoms with van der Waals surface area (Å²) in [5, 5.41) is 7.05. The lowest BCUT2D eigenvalue weighted by Gasteiger charge is -2.35. The Labute approximate surface area is 194 Å². The highest BCUT2D eigenvalue weighted by Crippen LogP contribution is 2.27. The molecule has 1 fully saturated rings. The van der Waals surface area contributed by atoms with Crippen LogP contribution in [0.2, 0.25) is 0 Å². The zero-order valence-corrected chi connectivity index (χ0v) is 19.3. The highest BCUT2D eigenvalue weighted by atomic mass is 16.5. The van der Waals surface area contributed by atoms with Crippen molar-refractivity contribution in [2.75, 3.05) is 33.4 Å². The van der Waals surface area contributed by atoms with Crippen LogP contribution in [0.15, 0.2) is 59.1 Å². The molecule has 174 valence electrons. The lowest BCUT2D eigenvalue weighted by molar-refractivity contribution is 0.0915. The van der Waals surface area contributed by atoms with Gasteiger partial charge in [0.2, 0.25) is 0 Å². The fraction of sp³-hybridized carbons (Fsp3) is 0.385. The molecule has 0 spiro atoms. The Morgan fingerprint density at radius 1 is 1.06 bits per heavy atom. The largest absolute Gasteiger partial charge is 0.497 e.